The van der Waals surface area contributed by atoms with Crippen LogP contribution in [-0.2, 0) is 13.0 Å². The van der Waals surface area contributed by atoms with E-state index in [4.69, 9.17) is 0 Å². The van der Waals surface area contributed by atoms with Gasteiger partial charge in [0.1, 0.15) is 5.82 Å². The van der Waals surface area contributed by atoms with Gasteiger partial charge >= 0.3 is 6.55 Å². The molecule has 0 saturated heterocycles. The van der Waals surface area contributed by atoms with Gasteiger partial charge in [0.2, 0.25) is 0 Å². The predicted molar refractivity (Wildman–Crippen MR) is 103 cm³/mol. The highest BCUT2D eigenvalue weighted by molar-refractivity contribution is 9.10. The lowest BCUT2D eigenvalue weighted by Crippen LogP contribution is -2.40. The molecule has 1 heterocycles. The smallest absolute Gasteiger partial charge is 0.319 e. The van der Waals surface area contributed by atoms with Crippen LogP contribution in [0.5, 0.6) is 0 Å². The largest absolute Gasteiger partial charge is 0.356 e. The molecular weight excluding hydrogens is 404 g/mol. The van der Waals surface area contributed by atoms with E-state index in [1.807, 2.05) is 12.1 Å². The molecule has 0 saturated carbocycles. The van der Waals surface area contributed by atoms with E-state index in [1.165, 1.54) is 18.0 Å². The summed E-state index contributed by atoms with van der Waals surface area (Å²) in [6, 6.07) is 8.29. The second-order valence-electron chi connectivity index (χ2n) is 5.94. The van der Waals surface area contributed by atoms with E-state index in [1.54, 1.807) is 7.05 Å². The van der Waals surface area contributed by atoms with Crippen molar-refractivity contribution < 1.29 is 8.78 Å². The van der Waals surface area contributed by atoms with Crippen LogP contribution in [0.2, 0.25) is 0 Å². The molecule has 1 aromatic carbocycles. The predicted octanol–water partition coefficient (Wildman–Crippen LogP) is 3.97. The van der Waals surface area contributed by atoms with Crippen LogP contribution in [0.25, 0.3) is 0 Å². The van der Waals surface area contributed by atoms with Gasteiger partial charge in [0.25, 0.3) is 0 Å². The molecule has 2 aromatic rings. The Hall–Kier alpha value is -1.96. The van der Waals surface area contributed by atoms with Crippen LogP contribution in [0.15, 0.2) is 46.1 Å². The van der Waals surface area contributed by atoms with E-state index in [0.717, 1.165) is 28.4 Å². The summed E-state index contributed by atoms with van der Waals surface area (Å²) in [6.45, 7) is 0.477. The Balaban J connectivity index is 1.85. The molecule has 0 aliphatic rings. The second kappa shape index (κ2) is 10.3. The minimum absolute atomic E-state index is 0.180. The molecule has 0 aliphatic carbocycles. The summed E-state index contributed by atoms with van der Waals surface area (Å²) in [5, 5.41) is 6.30. The van der Waals surface area contributed by atoms with Gasteiger partial charge in [0.05, 0.1) is 6.54 Å². The lowest BCUT2D eigenvalue weighted by Gasteiger charge is -2.18. The second-order valence-corrected chi connectivity index (χ2v) is 6.86. The quantitative estimate of drug-likeness (QED) is 0.494. The molecular formula is C18H24BrF2N5. The van der Waals surface area contributed by atoms with Gasteiger partial charge in [0, 0.05) is 30.5 Å². The zero-order valence-electron chi connectivity index (χ0n) is 14.9. The molecule has 0 aliphatic heterocycles. The summed E-state index contributed by atoms with van der Waals surface area (Å²) in [7, 11) is 1.66. The number of halogens is 3. The van der Waals surface area contributed by atoms with Gasteiger partial charge in [-0.3, -0.25) is 9.56 Å². The van der Waals surface area contributed by atoms with Gasteiger partial charge in [-0.25, -0.2) is 4.98 Å². The van der Waals surface area contributed by atoms with Crippen molar-refractivity contribution in [2.24, 2.45) is 10.9 Å². The maximum Gasteiger partial charge on any atom is 0.319 e. The van der Waals surface area contributed by atoms with Gasteiger partial charge in [-0.1, -0.05) is 41.4 Å². The van der Waals surface area contributed by atoms with Crippen LogP contribution in [0.3, 0.4) is 0 Å². The Labute approximate surface area is 161 Å². The summed E-state index contributed by atoms with van der Waals surface area (Å²) in [6.07, 6.45) is 4.61. The number of rotatable bonds is 8. The van der Waals surface area contributed by atoms with E-state index >= 15 is 0 Å². The van der Waals surface area contributed by atoms with Crippen LogP contribution >= 0.6 is 15.9 Å². The molecule has 8 heteroatoms. The van der Waals surface area contributed by atoms with Gasteiger partial charge in [-0.2, -0.15) is 8.78 Å². The average Bonchev–Trinajstić information content (AvgIpc) is 3.09. The molecule has 1 unspecified atom stereocenters. The first-order chi connectivity index (χ1) is 12.5. The summed E-state index contributed by atoms with van der Waals surface area (Å²) in [5.41, 5.74) is 1.27. The standard InChI is InChI=1S/C18H24BrF2N5/c1-3-13(9-14-5-4-6-15(19)10-14)11-24-18(22-2)25-12-16-23-7-8-26(16)17(20)21/h4-8,10,13,17H,3,9,11-12H2,1-2H3,(H2,22,24,25). The Morgan fingerprint density at radius 1 is 1.35 bits per heavy atom. The Morgan fingerprint density at radius 3 is 2.81 bits per heavy atom. The SMILES string of the molecule is CCC(CNC(=NC)NCc1nccn1C(F)F)Cc1cccc(Br)c1. The van der Waals surface area contributed by atoms with E-state index in [-0.39, 0.29) is 12.4 Å². The number of imidazole rings is 1. The number of nitrogens with zero attached hydrogens (tertiary/aromatic N) is 3. The van der Waals surface area contributed by atoms with Crippen molar-refractivity contribution in [2.45, 2.75) is 32.9 Å². The van der Waals surface area contributed by atoms with Crippen LogP contribution in [-0.4, -0.2) is 29.1 Å². The third-order valence-electron chi connectivity index (χ3n) is 4.15. The molecule has 0 amide bonds. The molecule has 0 bridgehead atoms. The minimum atomic E-state index is -2.60. The van der Waals surface area contributed by atoms with E-state index < -0.39 is 6.55 Å². The average molecular weight is 428 g/mol. The van der Waals surface area contributed by atoms with E-state index in [9.17, 15) is 8.78 Å². The Kier molecular flexibility index (Phi) is 8.03. The number of aliphatic imine (C=N–C) groups is 1. The zero-order valence-corrected chi connectivity index (χ0v) is 16.5. The monoisotopic (exact) mass is 427 g/mol. The van der Waals surface area contributed by atoms with Crippen LogP contribution in [0, 0.1) is 5.92 Å². The summed E-state index contributed by atoms with van der Waals surface area (Å²) >= 11 is 3.50. The van der Waals surface area contributed by atoms with Gasteiger partial charge in [-0.15, -0.1) is 0 Å². The van der Waals surface area contributed by atoms with Crippen molar-refractivity contribution in [2.75, 3.05) is 13.6 Å². The van der Waals surface area contributed by atoms with E-state index in [0.29, 0.717) is 11.9 Å². The van der Waals surface area contributed by atoms with Gasteiger partial charge in [0.15, 0.2) is 5.96 Å². The molecule has 2 N–H and O–H groups in total. The van der Waals surface area contributed by atoms with E-state index in [2.05, 4.69) is 55.6 Å². The van der Waals surface area contributed by atoms with Crippen LogP contribution in [0.4, 0.5) is 8.78 Å². The van der Waals surface area contributed by atoms with Crippen molar-refractivity contribution in [1.82, 2.24) is 20.2 Å². The highest BCUT2D eigenvalue weighted by Gasteiger charge is 2.12. The first kappa shape index (κ1) is 20.4. The molecule has 5 nitrogen and oxygen atoms in total. The lowest BCUT2D eigenvalue weighted by molar-refractivity contribution is 0.0668. The number of nitrogens with one attached hydrogen (secondary N) is 2. The normalized spacial score (nSPS) is 13.1. The number of aromatic nitrogens is 2. The maximum atomic E-state index is 12.8. The fourth-order valence-corrected chi connectivity index (χ4v) is 3.09. The van der Waals surface area contributed by atoms with Crippen molar-refractivity contribution in [3.63, 3.8) is 0 Å². The lowest BCUT2D eigenvalue weighted by atomic mass is 9.97. The fourth-order valence-electron chi connectivity index (χ4n) is 2.64. The number of hydrogen-bond donors (Lipinski definition) is 2. The van der Waals surface area contributed by atoms with Crippen molar-refractivity contribution in [1.29, 1.82) is 0 Å². The van der Waals surface area contributed by atoms with Crippen molar-refractivity contribution in [3.8, 4) is 0 Å². The molecule has 1 aromatic heterocycles. The molecule has 0 spiro atoms. The van der Waals surface area contributed by atoms with Crippen molar-refractivity contribution >= 4 is 21.9 Å². The molecule has 2 rings (SSSR count). The first-order valence-electron chi connectivity index (χ1n) is 8.52. The van der Waals surface area contributed by atoms with Gasteiger partial charge < -0.3 is 10.6 Å². The molecule has 0 radical (unpaired) electrons. The topological polar surface area (TPSA) is 54.2 Å². The van der Waals surface area contributed by atoms with Crippen LogP contribution in [0.1, 0.15) is 31.3 Å². The molecule has 142 valence electrons. The number of guanidine groups is 1. The summed E-state index contributed by atoms with van der Waals surface area (Å²) in [5.74, 6) is 1.27. The third-order valence-corrected chi connectivity index (χ3v) is 4.64. The number of benzene rings is 1. The zero-order chi connectivity index (χ0) is 18.9. The summed E-state index contributed by atoms with van der Waals surface area (Å²) in [4.78, 5) is 8.10. The number of alkyl halides is 2. The number of hydrogen-bond acceptors (Lipinski definition) is 2. The Bertz CT molecular complexity index is 717. The molecule has 0 fully saturated rings. The first-order valence-corrected chi connectivity index (χ1v) is 9.31. The third kappa shape index (κ3) is 6.09. The van der Waals surface area contributed by atoms with Crippen LogP contribution < -0.4 is 10.6 Å². The highest BCUT2D eigenvalue weighted by Crippen LogP contribution is 2.16. The molecule has 26 heavy (non-hydrogen) atoms. The fraction of sp³-hybridized carbons (Fsp3) is 0.444. The minimum Gasteiger partial charge on any atom is -0.356 e. The summed E-state index contributed by atoms with van der Waals surface area (Å²) < 4.78 is 27.6. The van der Waals surface area contributed by atoms with Crippen molar-refractivity contribution in [3.05, 3.63) is 52.5 Å². The maximum absolute atomic E-state index is 12.8. The Morgan fingerprint density at radius 2 is 2.15 bits per heavy atom. The van der Waals surface area contributed by atoms with Gasteiger partial charge in [-0.05, 0) is 30.0 Å². The molecule has 1 atom stereocenters. The highest BCUT2D eigenvalue weighted by atomic mass is 79.9.